The third kappa shape index (κ3) is 2.51. The topological polar surface area (TPSA) is 101 Å². The summed E-state index contributed by atoms with van der Waals surface area (Å²) in [4.78, 5) is 38.0. The van der Waals surface area contributed by atoms with E-state index in [1.54, 1.807) is 31.1 Å². The minimum Gasteiger partial charge on any atom is -0.476 e. The van der Waals surface area contributed by atoms with Crippen molar-refractivity contribution in [3.05, 3.63) is 67.6 Å². The first-order chi connectivity index (χ1) is 16.3. The molecule has 2 unspecified atom stereocenters. The second kappa shape index (κ2) is 6.52. The van der Waals surface area contributed by atoms with Crippen molar-refractivity contribution in [3.8, 4) is 5.75 Å². The largest absolute Gasteiger partial charge is 0.476 e. The van der Waals surface area contributed by atoms with Gasteiger partial charge in [-0.05, 0) is 23.8 Å². The summed E-state index contributed by atoms with van der Waals surface area (Å²) in [5.74, 6) is 0.811. The van der Waals surface area contributed by atoms with Crippen molar-refractivity contribution in [2.45, 2.75) is 18.6 Å². The molecule has 170 valence electrons. The van der Waals surface area contributed by atoms with Crippen LogP contribution in [-0.2, 0) is 16.6 Å². The van der Waals surface area contributed by atoms with Gasteiger partial charge in [-0.1, -0.05) is 23.2 Å². The standard InChI is InChI=1S/C23H15Cl2N5O4/c1-29-12-6-14-10(3-8(12)4-16(29)31)26-19-17(24)22-20(18(25)21(19)33-14)27-11-5-9-13(7-15(11)34-22)30(2)23(32)28-9/h3,5-7,14,22H,4H2,1-2H3,(H,28,32). The van der Waals surface area contributed by atoms with E-state index in [0.717, 1.165) is 11.3 Å². The molecule has 4 heterocycles. The fourth-order valence-electron chi connectivity index (χ4n) is 4.80. The van der Waals surface area contributed by atoms with Crippen LogP contribution in [0, 0.1) is 0 Å². The van der Waals surface area contributed by atoms with Gasteiger partial charge in [0.1, 0.15) is 27.9 Å². The number of carbonyl (C=O) groups excluding carboxylic acids is 1. The van der Waals surface area contributed by atoms with Crippen LogP contribution < -0.4 is 10.4 Å². The number of allylic oxidation sites excluding steroid dienone is 1. The van der Waals surface area contributed by atoms with E-state index in [-0.39, 0.29) is 16.6 Å². The number of carbonyl (C=O) groups is 1. The maximum Gasteiger partial charge on any atom is 0.326 e. The number of amides is 1. The first-order valence-electron chi connectivity index (χ1n) is 10.5. The molecule has 2 aliphatic carbocycles. The molecule has 0 saturated carbocycles. The first-order valence-corrected chi connectivity index (χ1v) is 11.3. The molecule has 9 nitrogen and oxygen atoms in total. The number of hydrogen-bond donors (Lipinski definition) is 1. The van der Waals surface area contributed by atoms with Crippen molar-refractivity contribution in [2.75, 3.05) is 7.05 Å². The number of imidazole rings is 1. The summed E-state index contributed by atoms with van der Waals surface area (Å²) in [5, 5.41) is 0.550. The Hall–Kier alpha value is -3.56. The number of aromatic amines is 1. The van der Waals surface area contributed by atoms with E-state index in [4.69, 9.17) is 42.7 Å². The number of ether oxygens (including phenoxy) is 2. The second-order valence-corrected chi connectivity index (χ2v) is 9.37. The van der Waals surface area contributed by atoms with Crippen molar-refractivity contribution >= 4 is 57.3 Å². The highest BCUT2D eigenvalue weighted by Gasteiger charge is 2.43. The molecule has 2 aromatic rings. The lowest BCUT2D eigenvalue weighted by atomic mass is 9.96. The average molecular weight is 496 g/mol. The van der Waals surface area contributed by atoms with Crippen LogP contribution >= 0.6 is 23.2 Å². The Kier molecular flexibility index (Phi) is 3.81. The number of H-pyrrole nitrogens is 1. The quantitative estimate of drug-likeness (QED) is 0.606. The summed E-state index contributed by atoms with van der Waals surface area (Å²) in [7, 11) is 3.41. The molecule has 1 aromatic heterocycles. The third-order valence-electron chi connectivity index (χ3n) is 6.63. The average Bonchev–Trinajstić information content (AvgIpc) is 3.26. The fourth-order valence-corrected chi connectivity index (χ4v) is 5.35. The van der Waals surface area contributed by atoms with Crippen molar-refractivity contribution < 1.29 is 14.3 Å². The number of likely N-dealkylation sites (N-methyl/N-ethyl adjacent to an activating group) is 1. The highest BCUT2D eigenvalue weighted by atomic mass is 35.5. The number of nitrogens with one attached hydrogen (secondary N) is 1. The van der Waals surface area contributed by atoms with Gasteiger partial charge in [-0.25, -0.2) is 14.8 Å². The van der Waals surface area contributed by atoms with Gasteiger partial charge < -0.3 is 19.4 Å². The maximum absolute atomic E-state index is 12.1. The van der Waals surface area contributed by atoms with Crippen molar-refractivity contribution in [1.82, 2.24) is 14.5 Å². The molecule has 1 fully saturated rings. The number of fused-ring (bicyclic) bond motifs is 6. The molecule has 0 bridgehead atoms. The van der Waals surface area contributed by atoms with Gasteiger partial charge in [0, 0.05) is 25.9 Å². The summed E-state index contributed by atoms with van der Waals surface area (Å²) >= 11 is 13.5. The molecule has 1 saturated heterocycles. The molecular formula is C23H15Cl2N5O4. The zero-order chi connectivity index (χ0) is 23.5. The van der Waals surface area contributed by atoms with Crippen molar-refractivity contribution in [3.63, 3.8) is 0 Å². The lowest BCUT2D eigenvalue weighted by Crippen LogP contribution is -2.38. The summed E-state index contributed by atoms with van der Waals surface area (Å²) in [6, 6.07) is 3.48. The van der Waals surface area contributed by atoms with Crippen LogP contribution in [0.4, 0.5) is 5.69 Å². The second-order valence-electron chi connectivity index (χ2n) is 8.59. The molecule has 1 N–H and O–H groups in total. The Labute approximate surface area is 202 Å². The van der Waals surface area contributed by atoms with E-state index in [1.807, 2.05) is 12.2 Å². The number of aryl methyl sites for hydroxylation is 1. The number of aliphatic imine (C=N–C) groups is 2. The Morgan fingerprint density at radius 1 is 1.15 bits per heavy atom. The monoisotopic (exact) mass is 495 g/mol. The zero-order valence-electron chi connectivity index (χ0n) is 17.8. The van der Waals surface area contributed by atoms with Crippen LogP contribution in [-0.4, -0.2) is 51.0 Å². The highest BCUT2D eigenvalue weighted by Crippen LogP contribution is 2.46. The molecule has 3 aliphatic heterocycles. The number of aromatic nitrogens is 2. The summed E-state index contributed by atoms with van der Waals surface area (Å²) < 4.78 is 13.9. The van der Waals surface area contributed by atoms with Crippen LogP contribution in [0.15, 0.2) is 71.9 Å². The molecule has 0 radical (unpaired) electrons. The molecule has 7 rings (SSSR count). The Bertz CT molecular complexity index is 1630. The van der Waals surface area contributed by atoms with E-state index >= 15 is 0 Å². The number of hydrogen-bond acceptors (Lipinski definition) is 6. The number of likely N-dealkylation sites (tertiary alicyclic amines) is 1. The summed E-state index contributed by atoms with van der Waals surface area (Å²) in [5.41, 5.74) is 4.73. The molecule has 5 aliphatic rings. The molecule has 2 atom stereocenters. The first kappa shape index (κ1) is 19.9. The van der Waals surface area contributed by atoms with Crippen molar-refractivity contribution in [2.24, 2.45) is 17.0 Å². The van der Waals surface area contributed by atoms with Gasteiger partial charge >= 0.3 is 5.69 Å². The van der Waals surface area contributed by atoms with Gasteiger partial charge in [-0.2, -0.15) is 0 Å². The molecule has 0 spiro atoms. The fraction of sp³-hybridized carbons (Fsp3) is 0.217. The van der Waals surface area contributed by atoms with Gasteiger partial charge in [0.2, 0.25) is 5.91 Å². The van der Waals surface area contributed by atoms with Crippen LogP contribution in [0.1, 0.15) is 6.42 Å². The molecular weight excluding hydrogens is 481 g/mol. The zero-order valence-corrected chi connectivity index (χ0v) is 19.4. The van der Waals surface area contributed by atoms with Crippen LogP contribution in [0.2, 0.25) is 0 Å². The van der Waals surface area contributed by atoms with Gasteiger partial charge in [-0.15, -0.1) is 0 Å². The predicted octanol–water partition coefficient (Wildman–Crippen LogP) is 3.14. The van der Waals surface area contributed by atoms with E-state index in [2.05, 4.69) is 4.98 Å². The summed E-state index contributed by atoms with van der Waals surface area (Å²) in [6.07, 6.45) is 2.78. The number of halogens is 2. The Morgan fingerprint density at radius 2 is 1.97 bits per heavy atom. The highest BCUT2D eigenvalue weighted by molar-refractivity contribution is 6.48. The van der Waals surface area contributed by atoms with Crippen molar-refractivity contribution in [1.29, 1.82) is 0 Å². The summed E-state index contributed by atoms with van der Waals surface area (Å²) in [6.45, 7) is 0. The maximum atomic E-state index is 12.1. The predicted molar refractivity (Wildman–Crippen MR) is 127 cm³/mol. The molecule has 34 heavy (non-hydrogen) atoms. The molecule has 11 heteroatoms. The smallest absolute Gasteiger partial charge is 0.326 e. The Morgan fingerprint density at radius 3 is 2.79 bits per heavy atom. The van der Waals surface area contributed by atoms with Gasteiger partial charge in [-0.3, -0.25) is 9.36 Å². The number of nitrogens with zero attached hydrogens (tertiary/aromatic N) is 4. The molecule has 1 amide bonds. The van der Waals surface area contributed by atoms with Crippen LogP contribution in [0.25, 0.3) is 11.0 Å². The lowest BCUT2D eigenvalue weighted by Gasteiger charge is -2.35. The van der Waals surface area contributed by atoms with E-state index in [9.17, 15) is 9.59 Å². The minimum absolute atomic E-state index is 0.0175. The van der Waals surface area contributed by atoms with E-state index in [1.165, 1.54) is 4.57 Å². The third-order valence-corrected chi connectivity index (χ3v) is 7.37. The minimum atomic E-state index is -0.764. The van der Waals surface area contributed by atoms with Gasteiger partial charge in [0.15, 0.2) is 18.0 Å². The number of rotatable bonds is 0. The van der Waals surface area contributed by atoms with Crippen LogP contribution in [0.3, 0.4) is 0 Å². The van der Waals surface area contributed by atoms with Crippen LogP contribution in [0.5, 0.6) is 5.75 Å². The SMILES string of the molecule is CN1C(=O)CC2=CC3=NC4=C(Cl)C5Oc6cc7c(cc6N=C5C(Cl)=C4OC3C=C21)[nH]c(=O)n7C. The molecule has 1 aromatic carbocycles. The number of benzene rings is 1. The van der Waals surface area contributed by atoms with E-state index < -0.39 is 12.2 Å². The van der Waals surface area contributed by atoms with Gasteiger partial charge in [0.25, 0.3) is 0 Å². The normalized spacial score (nSPS) is 24.8. The van der Waals surface area contributed by atoms with Gasteiger partial charge in [0.05, 0.1) is 28.2 Å². The van der Waals surface area contributed by atoms with E-state index in [0.29, 0.717) is 56.8 Å². The lowest BCUT2D eigenvalue weighted by molar-refractivity contribution is -0.125. The Balaban J connectivity index is 1.37.